The minimum absolute atomic E-state index is 0.406. The Labute approximate surface area is 129 Å². The van der Waals surface area contributed by atoms with Gasteiger partial charge in [-0.25, -0.2) is 4.79 Å². The zero-order chi connectivity index (χ0) is 15.2. The Bertz CT molecular complexity index is 473. The lowest BCUT2D eigenvalue weighted by atomic mass is 10.2. The molecule has 0 saturated heterocycles. The molecule has 1 N–H and O–H groups in total. The van der Waals surface area contributed by atoms with Gasteiger partial charge in [-0.1, -0.05) is 35.4 Å². The number of hydrogen-bond donors (Lipinski definition) is 1. The number of nitrogens with one attached hydrogen (secondary N) is 1. The van der Waals surface area contributed by atoms with Crippen LogP contribution in [0.15, 0.2) is 24.3 Å². The van der Waals surface area contributed by atoms with Crippen molar-refractivity contribution in [2.75, 3.05) is 6.54 Å². The zero-order valence-electron chi connectivity index (χ0n) is 11.9. The number of halogens is 2. The predicted molar refractivity (Wildman–Crippen MR) is 84.3 cm³/mol. The molecule has 5 heteroatoms. The fourth-order valence-electron chi connectivity index (χ4n) is 1.46. The number of rotatable bonds is 4. The molecule has 0 atom stereocenters. The van der Waals surface area contributed by atoms with Crippen LogP contribution < -0.4 is 5.32 Å². The van der Waals surface area contributed by atoms with Gasteiger partial charge in [0.05, 0.1) is 0 Å². The average Bonchev–Trinajstić information content (AvgIpc) is 2.24. The van der Waals surface area contributed by atoms with Crippen molar-refractivity contribution in [1.29, 1.82) is 0 Å². The van der Waals surface area contributed by atoms with E-state index in [0.717, 1.165) is 5.56 Å². The van der Waals surface area contributed by atoms with Gasteiger partial charge in [0, 0.05) is 16.6 Å². The lowest BCUT2D eigenvalue weighted by Crippen LogP contribution is -2.32. The highest BCUT2D eigenvalue weighted by Gasteiger charge is 2.15. The van der Waals surface area contributed by atoms with Crippen LogP contribution in [0, 0.1) is 0 Å². The Morgan fingerprint density at radius 1 is 1.25 bits per heavy atom. The molecule has 0 aliphatic rings. The quantitative estimate of drug-likeness (QED) is 0.801. The molecule has 0 fully saturated rings. The molecule has 0 saturated carbocycles. The van der Waals surface area contributed by atoms with Gasteiger partial charge in [-0.2, -0.15) is 0 Å². The van der Waals surface area contributed by atoms with Crippen LogP contribution in [0.1, 0.15) is 32.8 Å². The van der Waals surface area contributed by atoms with Gasteiger partial charge in [-0.15, -0.1) is 0 Å². The van der Waals surface area contributed by atoms with Gasteiger partial charge in [0.1, 0.15) is 5.60 Å². The van der Waals surface area contributed by atoms with Gasteiger partial charge in [-0.3, -0.25) is 0 Å². The molecule has 1 rings (SSSR count). The van der Waals surface area contributed by atoms with Crippen LogP contribution in [0.2, 0.25) is 10.0 Å². The van der Waals surface area contributed by atoms with Crippen LogP contribution in [-0.2, 0) is 4.74 Å². The maximum absolute atomic E-state index is 11.4. The molecule has 0 aliphatic carbocycles. The second-order valence-electron chi connectivity index (χ2n) is 5.32. The van der Waals surface area contributed by atoms with Gasteiger partial charge in [0.15, 0.2) is 0 Å². The highest BCUT2D eigenvalue weighted by Crippen LogP contribution is 2.19. The van der Waals surface area contributed by atoms with Crippen LogP contribution in [0.5, 0.6) is 0 Å². The second-order valence-corrected chi connectivity index (χ2v) is 6.20. The van der Waals surface area contributed by atoms with Crippen molar-refractivity contribution in [3.05, 3.63) is 39.9 Å². The number of alkyl carbamates (subject to hydrolysis) is 1. The standard InChI is InChI=1S/C15H19Cl2NO2/c1-15(2,3)20-14(19)18-7-5-4-6-11-8-12(16)10-13(17)9-11/h4,6,8-10H,5,7H2,1-3H3,(H,18,19). The summed E-state index contributed by atoms with van der Waals surface area (Å²) in [5.74, 6) is 0. The molecule has 1 aromatic carbocycles. The summed E-state index contributed by atoms with van der Waals surface area (Å²) in [6.07, 6.45) is 4.15. The van der Waals surface area contributed by atoms with Crippen LogP contribution in [0.4, 0.5) is 4.79 Å². The molecule has 0 heterocycles. The average molecular weight is 316 g/mol. The Morgan fingerprint density at radius 3 is 2.40 bits per heavy atom. The first-order chi connectivity index (χ1) is 9.26. The topological polar surface area (TPSA) is 38.3 Å². The third-order valence-corrected chi connectivity index (χ3v) is 2.61. The van der Waals surface area contributed by atoms with Crippen molar-refractivity contribution in [3.63, 3.8) is 0 Å². The molecule has 110 valence electrons. The molecule has 0 aromatic heterocycles. The van der Waals surface area contributed by atoms with Crippen LogP contribution in [-0.4, -0.2) is 18.2 Å². The van der Waals surface area contributed by atoms with Gasteiger partial charge >= 0.3 is 6.09 Å². The lowest BCUT2D eigenvalue weighted by Gasteiger charge is -2.19. The van der Waals surface area contributed by atoms with Crippen LogP contribution >= 0.6 is 23.2 Å². The second kappa shape index (κ2) is 7.55. The predicted octanol–water partition coefficient (Wildman–Crippen LogP) is 4.92. The Morgan fingerprint density at radius 2 is 1.85 bits per heavy atom. The molecular weight excluding hydrogens is 297 g/mol. The van der Waals surface area contributed by atoms with E-state index in [1.54, 1.807) is 6.07 Å². The SMILES string of the molecule is CC(C)(C)OC(=O)NCCC=Cc1cc(Cl)cc(Cl)c1. The van der Waals surface area contributed by atoms with E-state index in [4.69, 9.17) is 27.9 Å². The van der Waals surface area contributed by atoms with E-state index in [-0.39, 0.29) is 0 Å². The lowest BCUT2D eigenvalue weighted by molar-refractivity contribution is 0.0529. The molecule has 1 aromatic rings. The fraction of sp³-hybridized carbons (Fsp3) is 0.400. The number of carbonyl (C=O) groups excluding carboxylic acids is 1. The number of amides is 1. The van der Waals surface area contributed by atoms with Crippen LogP contribution in [0.3, 0.4) is 0 Å². The smallest absolute Gasteiger partial charge is 0.407 e. The summed E-state index contributed by atoms with van der Waals surface area (Å²) in [7, 11) is 0. The van der Waals surface area contributed by atoms with Crippen LogP contribution in [0.25, 0.3) is 6.08 Å². The van der Waals surface area contributed by atoms with E-state index in [9.17, 15) is 4.79 Å². The summed E-state index contributed by atoms with van der Waals surface area (Å²) in [6, 6.07) is 5.33. The molecule has 1 amide bonds. The molecule has 0 aliphatic heterocycles. The normalized spacial score (nSPS) is 11.7. The summed E-state index contributed by atoms with van der Waals surface area (Å²) in [5, 5.41) is 3.89. The van der Waals surface area contributed by atoms with E-state index in [2.05, 4.69) is 5.32 Å². The molecule has 0 unspecified atom stereocenters. The highest BCUT2D eigenvalue weighted by molar-refractivity contribution is 6.34. The zero-order valence-corrected chi connectivity index (χ0v) is 13.4. The van der Waals surface area contributed by atoms with E-state index in [1.807, 2.05) is 45.1 Å². The van der Waals surface area contributed by atoms with E-state index >= 15 is 0 Å². The molecule has 0 bridgehead atoms. The number of benzene rings is 1. The molecule has 0 radical (unpaired) electrons. The summed E-state index contributed by atoms with van der Waals surface area (Å²) < 4.78 is 5.12. The van der Waals surface area contributed by atoms with E-state index < -0.39 is 11.7 Å². The van der Waals surface area contributed by atoms with Gasteiger partial charge in [-0.05, 0) is 51.0 Å². The van der Waals surface area contributed by atoms with Crippen molar-refractivity contribution in [2.24, 2.45) is 0 Å². The highest BCUT2D eigenvalue weighted by atomic mass is 35.5. The maximum Gasteiger partial charge on any atom is 0.407 e. The van der Waals surface area contributed by atoms with E-state index in [1.165, 1.54) is 0 Å². The molecule has 20 heavy (non-hydrogen) atoms. The number of ether oxygens (including phenoxy) is 1. The number of carbonyl (C=O) groups is 1. The first kappa shape index (κ1) is 16.9. The van der Waals surface area contributed by atoms with Crippen molar-refractivity contribution >= 4 is 35.4 Å². The van der Waals surface area contributed by atoms with Crippen molar-refractivity contribution in [1.82, 2.24) is 5.32 Å². The minimum Gasteiger partial charge on any atom is -0.444 e. The fourth-order valence-corrected chi connectivity index (χ4v) is 2.01. The third kappa shape index (κ3) is 7.41. The summed E-state index contributed by atoms with van der Waals surface area (Å²) >= 11 is 11.8. The van der Waals surface area contributed by atoms with Crippen molar-refractivity contribution in [2.45, 2.75) is 32.8 Å². The number of hydrogen-bond acceptors (Lipinski definition) is 2. The van der Waals surface area contributed by atoms with Gasteiger partial charge in [0.2, 0.25) is 0 Å². The maximum atomic E-state index is 11.4. The minimum atomic E-state index is -0.475. The summed E-state index contributed by atoms with van der Waals surface area (Å²) in [4.78, 5) is 11.4. The Hall–Kier alpha value is -1.19. The Kier molecular flexibility index (Phi) is 6.37. The largest absolute Gasteiger partial charge is 0.444 e. The van der Waals surface area contributed by atoms with Gasteiger partial charge < -0.3 is 10.1 Å². The van der Waals surface area contributed by atoms with Gasteiger partial charge in [0.25, 0.3) is 0 Å². The van der Waals surface area contributed by atoms with Crippen molar-refractivity contribution in [3.8, 4) is 0 Å². The summed E-state index contributed by atoms with van der Waals surface area (Å²) in [6.45, 7) is 6.00. The molecule has 3 nitrogen and oxygen atoms in total. The third-order valence-electron chi connectivity index (χ3n) is 2.17. The monoisotopic (exact) mass is 315 g/mol. The molecule has 0 spiro atoms. The first-order valence-electron chi connectivity index (χ1n) is 6.36. The summed E-state index contributed by atoms with van der Waals surface area (Å²) in [5.41, 5.74) is 0.456. The molecular formula is C15H19Cl2NO2. The first-order valence-corrected chi connectivity index (χ1v) is 7.11. The van der Waals surface area contributed by atoms with Crippen molar-refractivity contribution < 1.29 is 9.53 Å². The Balaban J connectivity index is 2.34. The van der Waals surface area contributed by atoms with E-state index in [0.29, 0.717) is 23.0 Å².